The first-order chi connectivity index (χ1) is 14.2. The summed E-state index contributed by atoms with van der Waals surface area (Å²) in [5.74, 6) is 1.34. The number of anilines is 1. The Morgan fingerprint density at radius 3 is 2.48 bits per heavy atom. The highest BCUT2D eigenvalue weighted by atomic mass is 16.2. The van der Waals surface area contributed by atoms with E-state index in [4.69, 9.17) is 0 Å². The number of rotatable bonds is 4. The normalized spacial score (nSPS) is 24.0. The van der Waals surface area contributed by atoms with Crippen LogP contribution in [-0.2, 0) is 4.79 Å². The monoisotopic (exact) mass is 399 g/mol. The highest BCUT2D eigenvalue weighted by Crippen LogP contribution is 2.26. The summed E-state index contributed by atoms with van der Waals surface area (Å²) in [6.07, 6.45) is 8.09. The molecule has 29 heavy (non-hydrogen) atoms. The van der Waals surface area contributed by atoms with Crippen LogP contribution < -0.4 is 5.32 Å². The lowest BCUT2D eigenvalue weighted by Gasteiger charge is -2.42. The summed E-state index contributed by atoms with van der Waals surface area (Å²) in [7, 11) is 1.81. The molecule has 0 bridgehead atoms. The van der Waals surface area contributed by atoms with Crippen LogP contribution in [0.4, 0.5) is 5.82 Å². The summed E-state index contributed by atoms with van der Waals surface area (Å²) in [5.41, 5.74) is 0.692. The average molecular weight is 400 g/mol. The molecule has 0 saturated carbocycles. The van der Waals surface area contributed by atoms with E-state index in [2.05, 4.69) is 20.1 Å². The van der Waals surface area contributed by atoms with Gasteiger partial charge in [-0.2, -0.15) is 0 Å². The summed E-state index contributed by atoms with van der Waals surface area (Å²) < 4.78 is 0. The largest absolute Gasteiger partial charge is 0.373 e. The molecule has 7 nitrogen and oxygen atoms in total. The number of pyridine rings is 1. The summed E-state index contributed by atoms with van der Waals surface area (Å²) in [5, 5.41) is 2.99. The van der Waals surface area contributed by atoms with Crippen molar-refractivity contribution in [2.75, 3.05) is 51.6 Å². The third-order valence-electron chi connectivity index (χ3n) is 6.75. The topological polar surface area (TPSA) is 68.8 Å². The van der Waals surface area contributed by atoms with Crippen molar-refractivity contribution in [1.29, 1.82) is 0 Å². The van der Waals surface area contributed by atoms with E-state index in [0.717, 1.165) is 77.8 Å². The molecule has 0 spiro atoms. The van der Waals surface area contributed by atoms with Gasteiger partial charge < -0.3 is 15.1 Å². The maximum absolute atomic E-state index is 12.8. The van der Waals surface area contributed by atoms with Gasteiger partial charge in [0.25, 0.3) is 5.91 Å². The molecule has 158 valence electrons. The minimum absolute atomic E-state index is 0.0862. The average Bonchev–Trinajstić information content (AvgIpc) is 3.33. The highest BCUT2D eigenvalue weighted by Gasteiger charge is 2.34. The van der Waals surface area contributed by atoms with Crippen LogP contribution in [0.25, 0.3) is 0 Å². The maximum Gasteiger partial charge on any atom is 0.254 e. The molecular weight excluding hydrogens is 366 g/mol. The van der Waals surface area contributed by atoms with Gasteiger partial charge in [0.05, 0.1) is 5.92 Å². The molecule has 1 N–H and O–H groups in total. The predicted molar refractivity (Wildman–Crippen MR) is 113 cm³/mol. The molecule has 0 aliphatic carbocycles. The van der Waals surface area contributed by atoms with E-state index >= 15 is 0 Å². The van der Waals surface area contributed by atoms with Crippen LogP contribution in [0.2, 0.25) is 0 Å². The van der Waals surface area contributed by atoms with Gasteiger partial charge in [0.1, 0.15) is 5.82 Å². The lowest BCUT2D eigenvalue weighted by atomic mass is 9.92. The summed E-state index contributed by atoms with van der Waals surface area (Å²) in [6, 6.07) is 4.08. The van der Waals surface area contributed by atoms with Gasteiger partial charge in [-0.3, -0.25) is 14.5 Å². The number of nitrogens with one attached hydrogen (secondary N) is 1. The number of carbonyl (C=O) groups is 2. The first-order valence-corrected chi connectivity index (χ1v) is 11.1. The molecule has 1 atom stereocenters. The van der Waals surface area contributed by atoms with Crippen LogP contribution in [0.3, 0.4) is 0 Å². The summed E-state index contributed by atoms with van der Waals surface area (Å²) in [6.45, 7) is 5.42. The number of amides is 2. The molecule has 1 aromatic rings. The third kappa shape index (κ3) is 4.55. The Labute approximate surface area is 173 Å². The number of nitrogens with zero attached hydrogens (tertiary/aromatic N) is 4. The number of hydrogen-bond acceptors (Lipinski definition) is 5. The van der Waals surface area contributed by atoms with Crippen molar-refractivity contribution in [3.05, 3.63) is 23.9 Å². The molecule has 4 rings (SSSR count). The Bertz CT molecular complexity index is 726. The Balaban J connectivity index is 1.30. The quantitative estimate of drug-likeness (QED) is 0.839. The molecule has 1 unspecified atom stereocenters. The SMILES string of the molecule is CNc1cc(C(=O)N2CCC(N3CCCC(C(=O)N4CCCC4)C3)CC2)ccn1. The molecular formula is C22H33N5O2. The maximum atomic E-state index is 12.8. The van der Waals surface area contributed by atoms with Crippen molar-refractivity contribution < 1.29 is 9.59 Å². The van der Waals surface area contributed by atoms with Gasteiger partial charge in [0, 0.05) is 57.6 Å². The van der Waals surface area contributed by atoms with E-state index in [1.54, 1.807) is 12.3 Å². The van der Waals surface area contributed by atoms with Crippen molar-refractivity contribution >= 4 is 17.6 Å². The molecule has 3 saturated heterocycles. The van der Waals surface area contributed by atoms with Crippen LogP contribution in [0.1, 0.15) is 48.9 Å². The van der Waals surface area contributed by atoms with E-state index in [1.807, 2.05) is 18.0 Å². The Morgan fingerprint density at radius 1 is 1.00 bits per heavy atom. The lowest BCUT2D eigenvalue weighted by molar-refractivity contribution is -0.136. The van der Waals surface area contributed by atoms with Gasteiger partial charge in [-0.25, -0.2) is 4.98 Å². The van der Waals surface area contributed by atoms with E-state index in [1.165, 1.54) is 0 Å². The van der Waals surface area contributed by atoms with Crippen LogP contribution in [0, 0.1) is 5.92 Å². The number of likely N-dealkylation sites (tertiary alicyclic amines) is 3. The lowest BCUT2D eigenvalue weighted by Crippen LogP contribution is -2.51. The van der Waals surface area contributed by atoms with Crippen molar-refractivity contribution in [1.82, 2.24) is 19.7 Å². The van der Waals surface area contributed by atoms with Gasteiger partial charge >= 0.3 is 0 Å². The zero-order valence-corrected chi connectivity index (χ0v) is 17.5. The fourth-order valence-electron chi connectivity index (χ4n) is 5.05. The van der Waals surface area contributed by atoms with Crippen molar-refractivity contribution in [2.24, 2.45) is 5.92 Å². The van der Waals surface area contributed by atoms with Gasteiger partial charge in [-0.15, -0.1) is 0 Å². The minimum Gasteiger partial charge on any atom is -0.373 e. The van der Waals surface area contributed by atoms with Crippen LogP contribution >= 0.6 is 0 Å². The van der Waals surface area contributed by atoms with Gasteiger partial charge in [-0.1, -0.05) is 0 Å². The zero-order valence-electron chi connectivity index (χ0n) is 17.5. The molecule has 7 heteroatoms. The number of aromatic nitrogens is 1. The predicted octanol–water partition coefficient (Wildman–Crippen LogP) is 2.06. The van der Waals surface area contributed by atoms with E-state index in [-0.39, 0.29) is 11.8 Å². The van der Waals surface area contributed by atoms with E-state index in [9.17, 15) is 9.59 Å². The Morgan fingerprint density at radius 2 is 1.76 bits per heavy atom. The molecule has 3 aliphatic rings. The summed E-state index contributed by atoms with van der Waals surface area (Å²) >= 11 is 0. The molecule has 3 fully saturated rings. The van der Waals surface area contributed by atoms with Gasteiger partial charge in [0.2, 0.25) is 5.91 Å². The third-order valence-corrected chi connectivity index (χ3v) is 6.75. The van der Waals surface area contributed by atoms with Crippen molar-refractivity contribution in [3.63, 3.8) is 0 Å². The smallest absolute Gasteiger partial charge is 0.254 e. The van der Waals surface area contributed by atoms with Crippen molar-refractivity contribution in [3.8, 4) is 0 Å². The zero-order chi connectivity index (χ0) is 20.2. The first-order valence-electron chi connectivity index (χ1n) is 11.1. The van der Waals surface area contributed by atoms with E-state index in [0.29, 0.717) is 23.3 Å². The Hall–Kier alpha value is -2.15. The molecule has 2 amide bonds. The standard InChI is InChI=1S/C22H33N5O2/c1-23-20-15-17(6-9-24-20)21(28)26-13-7-19(8-14-26)27-12-4-5-18(16-27)22(29)25-10-2-3-11-25/h6,9,15,18-19H,2-5,7-8,10-14,16H2,1H3,(H,23,24). The minimum atomic E-state index is 0.0862. The molecule has 0 radical (unpaired) electrons. The number of carbonyl (C=O) groups excluding carboxylic acids is 2. The van der Waals surface area contributed by atoms with Crippen LogP contribution in [0.5, 0.6) is 0 Å². The highest BCUT2D eigenvalue weighted by molar-refractivity contribution is 5.94. The second kappa shape index (κ2) is 9.11. The number of piperidine rings is 2. The van der Waals surface area contributed by atoms with E-state index < -0.39 is 0 Å². The number of hydrogen-bond donors (Lipinski definition) is 1. The second-order valence-corrected chi connectivity index (χ2v) is 8.57. The Kier molecular flexibility index (Phi) is 6.33. The van der Waals surface area contributed by atoms with Crippen LogP contribution in [0.15, 0.2) is 18.3 Å². The van der Waals surface area contributed by atoms with Crippen molar-refractivity contribution in [2.45, 2.75) is 44.6 Å². The molecule has 3 aliphatic heterocycles. The second-order valence-electron chi connectivity index (χ2n) is 8.57. The fraction of sp³-hybridized carbons (Fsp3) is 0.682. The first kappa shape index (κ1) is 20.1. The van der Waals surface area contributed by atoms with Gasteiger partial charge in [-0.05, 0) is 57.2 Å². The summed E-state index contributed by atoms with van der Waals surface area (Å²) in [4.78, 5) is 36.4. The fourth-order valence-corrected chi connectivity index (χ4v) is 5.05. The molecule has 4 heterocycles. The molecule has 1 aromatic heterocycles. The molecule has 0 aromatic carbocycles. The van der Waals surface area contributed by atoms with Gasteiger partial charge in [0.15, 0.2) is 0 Å². The van der Waals surface area contributed by atoms with Crippen LogP contribution in [-0.4, -0.2) is 83.9 Å².